The zero-order valence-electron chi connectivity index (χ0n) is 12.9. The average Bonchev–Trinajstić information content (AvgIpc) is 3.22. The summed E-state index contributed by atoms with van der Waals surface area (Å²) in [5.41, 5.74) is 4.38. The Bertz CT molecular complexity index is 842. The number of benzene rings is 1. The number of nitrogens with zero attached hydrogens (tertiary/aromatic N) is 1. The predicted octanol–water partition coefficient (Wildman–Crippen LogP) is 2.37. The Morgan fingerprint density at radius 3 is 2.92 bits per heavy atom. The van der Waals surface area contributed by atoms with Crippen molar-refractivity contribution in [2.24, 2.45) is 0 Å². The number of para-hydroxylation sites is 1. The van der Waals surface area contributed by atoms with E-state index in [-0.39, 0.29) is 18.7 Å². The molecular weight excluding hydrogens is 326 g/mol. The van der Waals surface area contributed by atoms with Crippen molar-refractivity contribution >= 4 is 34.1 Å². The summed E-state index contributed by atoms with van der Waals surface area (Å²) in [6, 6.07) is 6.73. The van der Waals surface area contributed by atoms with Crippen LogP contribution in [0.25, 0.3) is 10.9 Å². The number of aliphatic carboxylic acids is 1. The molecule has 3 aromatic rings. The number of H-pyrrole nitrogens is 1. The van der Waals surface area contributed by atoms with E-state index in [1.807, 2.05) is 29.6 Å². The first-order valence-electron chi connectivity index (χ1n) is 7.57. The van der Waals surface area contributed by atoms with Crippen molar-refractivity contribution in [3.63, 3.8) is 0 Å². The van der Waals surface area contributed by atoms with Crippen molar-refractivity contribution in [2.75, 3.05) is 0 Å². The highest BCUT2D eigenvalue weighted by molar-refractivity contribution is 7.07. The summed E-state index contributed by atoms with van der Waals surface area (Å²) in [6.07, 6.45) is 2.76. The van der Waals surface area contributed by atoms with E-state index in [9.17, 15) is 14.7 Å². The molecule has 0 spiro atoms. The molecule has 0 unspecified atom stereocenters. The molecule has 0 aliphatic carbocycles. The number of carbonyl (C=O) groups excluding carboxylic acids is 1. The molecule has 1 amide bonds. The Morgan fingerprint density at radius 1 is 1.33 bits per heavy atom. The number of aromatic nitrogens is 2. The molecule has 3 N–H and O–H groups in total. The minimum absolute atomic E-state index is 0.224. The fraction of sp³-hybridized carbons (Fsp3) is 0.235. The van der Waals surface area contributed by atoms with Gasteiger partial charge in [0, 0.05) is 35.3 Å². The molecule has 1 atom stereocenters. The van der Waals surface area contributed by atoms with Crippen LogP contribution in [-0.4, -0.2) is 33.0 Å². The minimum Gasteiger partial charge on any atom is -0.480 e. The van der Waals surface area contributed by atoms with E-state index in [1.54, 1.807) is 11.7 Å². The molecule has 24 heavy (non-hydrogen) atoms. The van der Waals surface area contributed by atoms with E-state index < -0.39 is 12.0 Å². The van der Waals surface area contributed by atoms with E-state index in [2.05, 4.69) is 15.3 Å². The number of aromatic amines is 1. The SMILES string of the molecule is O=C(CCc1cscn1)N[C@H](Cc1c[nH]c2ccccc12)C(=O)O. The van der Waals surface area contributed by atoms with Crippen molar-refractivity contribution in [2.45, 2.75) is 25.3 Å². The summed E-state index contributed by atoms with van der Waals surface area (Å²) in [6.45, 7) is 0. The molecule has 0 fully saturated rings. The Morgan fingerprint density at radius 2 is 2.17 bits per heavy atom. The molecule has 1 aromatic carbocycles. The summed E-state index contributed by atoms with van der Waals surface area (Å²) in [5, 5.41) is 14.9. The molecule has 7 heteroatoms. The highest BCUT2D eigenvalue weighted by Gasteiger charge is 2.21. The van der Waals surface area contributed by atoms with Crippen LogP contribution in [0, 0.1) is 0 Å². The lowest BCUT2D eigenvalue weighted by Gasteiger charge is -2.14. The van der Waals surface area contributed by atoms with Gasteiger partial charge in [-0.25, -0.2) is 9.78 Å². The number of fused-ring (bicyclic) bond motifs is 1. The Balaban J connectivity index is 1.64. The van der Waals surface area contributed by atoms with Crippen LogP contribution in [0.4, 0.5) is 0 Å². The second-order valence-corrected chi connectivity index (χ2v) is 6.22. The maximum Gasteiger partial charge on any atom is 0.326 e. The Hall–Kier alpha value is -2.67. The molecule has 6 nitrogen and oxygen atoms in total. The van der Waals surface area contributed by atoms with Crippen LogP contribution in [0.2, 0.25) is 0 Å². The van der Waals surface area contributed by atoms with E-state index in [1.165, 1.54) is 11.3 Å². The fourth-order valence-corrected chi connectivity index (χ4v) is 3.18. The summed E-state index contributed by atoms with van der Waals surface area (Å²) >= 11 is 1.47. The van der Waals surface area contributed by atoms with Gasteiger partial charge in [-0.05, 0) is 18.1 Å². The zero-order chi connectivity index (χ0) is 16.9. The second kappa shape index (κ2) is 7.27. The summed E-state index contributed by atoms with van der Waals surface area (Å²) in [4.78, 5) is 30.8. The van der Waals surface area contributed by atoms with Gasteiger partial charge in [-0.2, -0.15) is 0 Å². The van der Waals surface area contributed by atoms with E-state index in [0.717, 1.165) is 22.2 Å². The van der Waals surface area contributed by atoms with E-state index >= 15 is 0 Å². The molecular formula is C17H17N3O3S. The van der Waals surface area contributed by atoms with Crippen molar-refractivity contribution in [3.8, 4) is 0 Å². The highest BCUT2D eigenvalue weighted by atomic mass is 32.1. The van der Waals surface area contributed by atoms with Gasteiger partial charge in [-0.15, -0.1) is 11.3 Å². The lowest BCUT2D eigenvalue weighted by Crippen LogP contribution is -2.42. The molecule has 0 aliphatic heterocycles. The fourth-order valence-electron chi connectivity index (χ4n) is 2.59. The highest BCUT2D eigenvalue weighted by Crippen LogP contribution is 2.19. The largest absolute Gasteiger partial charge is 0.480 e. The molecule has 0 bridgehead atoms. The number of hydrogen-bond acceptors (Lipinski definition) is 4. The number of amides is 1. The van der Waals surface area contributed by atoms with Gasteiger partial charge in [0.25, 0.3) is 0 Å². The summed E-state index contributed by atoms with van der Waals surface area (Å²) in [5.74, 6) is -1.32. The lowest BCUT2D eigenvalue weighted by molar-refractivity contribution is -0.141. The molecule has 0 saturated heterocycles. The van der Waals surface area contributed by atoms with Gasteiger partial charge in [-0.1, -0.05) is 18.2 Å². The molecule has 3 rings (SSSR count). The van der Waals surface area contributed by atoms with Gasteiger partial charge in [-0.3, -0.25) is 4.79 Å². The Labute approximate surface area is 142 Å². The molecule has 2 aromatic heterocycles. The van der Waals surface area contributed by atoms with Crippen LogP contribution in [0.5, 0.6) is 0 Å². The van der Waals surface area contributed by atoms with Gasteiger partial charge in [0.1, 0.15) is 6.04 Å². The van der Waals surface area contributed by atoms with Crippen molar-refractivity contribution in [3.05, 3.63) is 52.6 Å². The third-order valence-corrected chi connectivity index (χ3v) is 4.46. The summed E-state index contributed by atoms with van der Waals surface area (Å²) < 4.78 is 0. The van der Waals surface area contributed by atoms with Gasteiger partial charge < -0.3 is 15.4 Å². The predicted molar refractivity (Wildman–Crippen MR) is 92.0 cm³/mol. The third-order valence-electron chi connectivity index (χ3n) is 3.82. The van der Waals surface area contributed by atoms with Crippen molar-refractivity contribution < 1.29 is 14.7 Å². The Kier molecular flexibility index (Phi) is 4.90. The maximum absolute atomic E-state index is 12.0. The minimum atomic E-state index is -1.04. The maximum atomic E-state index is 12.0. The summed E-state index contributed by atoms with van der Waals surface area (Å²) in [7, 11) is 0. The standard InChI is InChI=1S/C17H17N3O3S/c21-16(6-5-12-9-24-10-19-12)20-15(17(22)23)7-11-8-18-14-4-2-1-3-13(11)14/h1-4,8-10,15,18H,5-7H2,(H,20,21)(H,22,23)/t15-/m1/s1. The molecule has 2 heterocycles. The number of aryl methyl sites for hydroxylation is 1. The van der Waals surface area contributed by atoms with E-state index in [4.69, 9.17) is 0 Å². The van der Waals surface area contributed by atoms with Gasteiger partial charge >= 0.3 is 5.97 Å². The number of rotatable bonds is 7. The van der Waals surface area contributed by atoms with Crippen LogP contribution in [-0.2, 0) is 22.4 Å². The number of carbonyl (C=O) groups is 2. The number of thiazole rings is 1. The molecule has 124 valence electrons. The average molecular weight is 343 g/mol. The van der Waals surface area contributed by atoms with Gasteiger partial charge in [0.15, 0.2) is 0 Å². The number of carboxylic acids is 1. The molecule has 0 aliphatic rings. The second-order valence-electron chi connectivity index (χ2n) is 5.50. The van der Waals surface area contributed by atoms with Crippen molar-refractivity contribution in [1.82, 2.24) is 15.3 Å². The van der Waals surface area contributed by atoms with Crippen LogP contribution < -0.4 is 5.32 Å². The van der Waals surface area contributed by atoms with E-state index in [0.29, 0.717) is 6.42 Å². The van der Waals surface area contributed by atoms with Gasteiger partial charge in [0.05, 0.1) is 11.2 Å². The first-order valence-corrected chi connectivity index (χ1v) is 8.52. The van der Waals surface area contributed by atoms with Crippen LogP contribution in [0.15, 0.2) is 41.4 Å². The van der Waals surface area contributed by atoms with Crippen LogP contribution in [0.1, 0.15) is 17.7 Å². The topological polar surface area (TPSA) is 95.1 Å². The van der Waals surface area contributed by atoms with Crippen LogP contribution in [0.3, 0.4) is 0 Å². The monoisotopic (exact) mass is 343 g/mol. The van der Waals surface area contributed by atoms with Crippen molar-refractivity contribution in [1.29, 1.82) is 0 Å². The normalized spacial score (nSPS) is 12.2. The first-order chi connectivity index (χ1) is 11.6. The zero-order valence-corrected chi connectivity index (χ0v) is 13.7. The number of nitrogens with one attached hydrogen (secondary N) is 2. The lowest BCUT2D eigenvalue weighted by atomic mass is 10.0. The number of carboxylic acid groups (broad SMARTS) is 1. The third kappa shape index (κ3) is 3.80. The van der Waals surface area contributed by atoms with Gasteiger partial charge in [0.2, 0.25) is 5.91 Å². The van der Waals surface area contributed by atoms with Crippen LogP contribution >= 0.6 is 11.3 Å². The smallest absolute Gasteiger partial charge is 0.326 e. The molecule has 0 radical (unpaired) electrons. The number of hydrogen-bond donors (Lipinski definition) is 3. The quantitative estimate of drug-likeness (QED) is 0.614. The molecule has 0 saturated carbocycles. The first kappa shape index (κ1) is 16.2.